The number of rotatable bonds is 7. The third-order valence-corrected chi connectivity index (χ3v) is 6.88. The first-order chi connectivity index (χ1) is 19.0. The summed E-state index contributed by atoms with van der Waals surface area (Å²) in [7, 11) is 0. The normalized spacial score (nSPS) is 15.1. The number of aromatic nitrogens is 5. The molecular formula is C28H25FN8O2. The van der Waals surface area contributed by atoms with Crippen molar-refractivity contribution >= 4 is 34.3 Å². The number of amides is 2. The Balaban J connectivity index is 1.20. The molecule has 6 rings (SSSR count). The van der Waals surface area contributed by atoms with E-state index in [-0.39, 0.29) is 30.1 Å². The van der Waals surface area contributed by atoms with Gasteiger partial charge in [0.15, 0.2) is 11.5 Å². The Labute approximate surface area is 222 Å². The van der Waals surface area contributed by atoms with Crippen molar-refractivity contribution in [2.75, 3.05) is 18.4 Å². The van der Waals surface area contributed by atoms with Crippen LogP contribution in [-0.2, 0) is 11.3 Å². The lowest BCUT2D eigenvalue weighted by Gasteiger charge is -2.15. The van der Waals surface area contributed by atoms with Crippen LogP contribution in [0.15, 0.2) is 73.7 Å². The summed E-state index contributed by atoms with van der Waals surface area (Å²) in [5, 5.41) is 14.2. The zero-order chi connectivity index (χ0) is 26.9. The average Bonchev–Trinajstić information content (AvgIpc) is 3.70. The maximum Gasteiger partial charge on any atom is 0.271 e. The lowest BCUT2D eigenvalue weighted by molar-refractivity contribution is -0.125. The van der Waals surface area contributed by atoms with Crippen molar-refractivity contribution in [2.45, 2.75) is 19.0 Å². The smallest absolute Gasteiger partial charge is 0.271 e. The van der Waals surface area contributed by atoms with Crippen molar-refractivity contribution in [2.24, 2.45) is 0 Å². The number of carbonyl (C=O) groups excluding carboxylic acids is 2. The number of nitrogens with zero attached hydrogens (tertiary/aromatic N) is 5. The number of H-pyrrole nitrogens is 1. The number of anilines is 1. The number of pyridine rings is 2. The number of hydrogen-bond acceptors (Lipinski definition) is 6. The van der Waals surface area contributed by atoms with Crippen LogP contribution < -0.4 is 10.6 Å². The molecule has 1 atom stereocenters. The molecule has 39 heavy (non-hydrogen) atoms. The molecule has 0 bridgehead atoms. The van der Waals surface area contributed by atoms with Crippen LogP contribution in [0.5, 0.6) is 0 Å². The highest BCUT2D eigenvalue weighted by molar-refractivity contribution is 6.00. The van der Waals surface area contributed by atoms with E-state index in [4.69, 9.17) is 0 Å². The van der Waals surface area contributed by atoms with Gasteiger partial charge in [-0.05, 0) is 47.9 Å². The molecule has 2 amide bonds. The molecule has 1 unspecified atom stereocenters. The molecule has 196 valence electrons. The van der Waals surface area contributed by atoms with Gasteiger partial charge in [0.05, 0.1) is 5.39 Å². The molecule has 0 aliphatic carbocycles. The Morgan fingerprint density at radius 1 is 1.23 bits per heavy atom. The topological polar surface area (TPSA) is 120 Å². The molecule has 1 aliphatic heterocycles. The predicted octanol–water partition coefficient (Wildman–Crippen LogP) is 3.54. The first-order valence-corrected chi connectivity index (χ1v) is 12.5. The number of nitrogens with one attached hydrogen (secondary N) is 3. The molecule has 1 aliphatic rings. The molecule has 4 aromatic heterocycles. The summed E-state index contributed by atoms with van der Waals surface area (Å²) >= 11 is 0. The summed E-state index contributed by atoms with van der Waals surface area (Å²) in [5.41, 5.74) is 3.24. The molecule has 1 fully saturated rings. The largest absolute Gasteiger partial charge is 0.363 e. The summed E-state index contributed by atoms with van der Waals surface area (Å²) in [4.78, 5) is 35.0. The zero-order valence-electron chi connectivity index (χ0n) is 20.9. The van der Waals surface area contributed by atoms with Gasteiger partial charge < -0.3 is 19.9 Å². The molecule has 0 saturated carbocycles. The van der Waals surface area contributed by atoms with Crippen molar-refractivity contribution in [1.82, 2.24) is 34.8 Å². The van der Waals surface area contributed by atoms with Gasteiger partial charge in [0.25, 0.3) is 5.91 Å². The molecule has 0 radical (unpaired) electrons. The summed E-state index contributed by atoms with van der Waals surface area (Å²) in [6, 6.07) is 12.2. The summed E-state index contributed by atoms with van der Waals surface area (Å²) < 4.78 is 16.9. The minimum absolute atomic E-state index is 0.0177. The Kier molecular flexibility index (Phi) is 6.23. The maximum absolute atomic E-state index is 15.2. The summed E-state index contributed by atoms with van der Waals surface area (Å²) in [5.74, 6) is -0.332. The highest BCUT2D eigenvalue weighted by atomic mass is 19.1. The molecule has 1 saturated heterocycles. The van der Waals surface area contributed by atoms with Gasteiger partial charge in [-0.15, -0.1) is 0 Å². The van der Waals surface area contributed by atoms with E-state index in [9.17, 15) is 9.59 Å². The highest BCUT2D eigenvalue weighted by Crippen LogP contribution is 2.33. The van der Waals surface area contributed by atoms with Crippen LogP contribution in [0.1, 0.15) is 22.5 Å². The van der Waals surface area contributed by atoms with Gasteiger partial charge in [-0.1, -0.05) is 24.8 Å². The van der Waals surface area contributed by atoms with Gasteiger partial charge in [-0.3, -0.25) is 14.7 Å². The quantitative estimate of drug-likeness (QED) is 0.280. The highest BCUT2D eigenvalue weighted by Gasteiger charge is 2.26. The Morgan fingerprint density at radius 2 is 2.13 bits per heavy atom. The van der Waals surface area contributed by atoms with Gasteiger partial charge in [0, 0.05) is 49.8 Å². The number of aromatic amines is 1. The standard InChI is InChI=1S/C28H25FN8O2/c1-2-24(38)37-12-9-19(15-37)32-27-25-20(8-10-30-26(25)34-35-27)17-6-7-18(21(29)13-17)14-31-28(39)22-16-36-11-4-3-5-23(36)33-22/h2-8,10-11,13,16,19H,1,9,12,14-15H2,(H,31,39)(H2,30,32,34,35). The first kappa shape index (κ1) is 24.3. The minimum atomic E-state index is -0.444. The third kappa shape index (κ3) is 4.70. The SMILES string of the molecule is C=CC(=O)N1CCC(Nc2n[nH]c3nccc(-c4ccc(CNC(=O)c5cn6ccccc6n5)c(F)c4)c23)C1. The summed E-state index contributed by atoms with van der Waals surface area (Å²) in [6.07, 6.45) is 7.17. The number of likely N-dealkylation sites (tertiary alicyclic amines) is 1. The van der Waals surface area contributed by atoms with E-state index in [0.29, 0.717) is 41.3 Å². The van der Waals surface area contributed by atoms with Gasteiger partial charge in [-0.25, -0.2) is 14.4 Å². The van der Waals surface area contributed by atoms with E-state index < -0.39 is 5.82 Å². The van der Waals surface area contributed by atoms with E-state index in [1.807, 2.05) is 18.2 Å². The minimum Gasteiger partial charge on any atom is -0.363 e. The van der Waals surface area contributed by atoms with E-state index >= 15 is 4.39 Å². The second-order valence-electron chi connectivity index (χ2n) is 9.35. The monoisotopic (exact) mass is 524 g/mol. The van der Waals surface area contributed by atoms with Crippen molar-refractivity contribution in [3.8, 4) is 11.1 Å². The number of benzene rings is 1. The lowest BCUT2D eigenvalue weighted by Crippen LogP contribution is -2.30. The molecular weight excluding hydrogens is 499 g/mol. The van der Waals surface area contributed by atoms with Crippen LogP contribution >= 0.6 is 0 Å². The van der Waals surface area contributed by atoms with Crippen molar-refractivity contribution in [1.29, 1.82) is 0 Å². The second-order valence-corrected chi connectivity index (χ2v) is 9.35. The van der Waals surface area contributed by atoms with Gasteiger partial charge in [0.1, 0.15) is 17.2 Å². The third-order valence-electron chi connectivity index (χ3n) is 6.88. The fraction of sp³-hybridized carbons (Fsp3) is 0.179. The predicted molar refractivity (Wildman–Crippen MR) is 144 cm³/mol. The van der Waals surface area contributed by atoms with E-state index in [1.54, 1.807) is 46.1 Å². The number of fused-ring (bicyclic) bond motifs is 2. The molecule has 1 aromatic carbocycles. The van der Waals surface area contributed by atoms with Gasteiger partial charge in [0.2, 0.25) is 5.91 Å². The average molecular weight is 525 g/mol. The number of carbonyl (C=O) groups is 2. The molecule has 11 heteroatoms. The second kappa shape index (κ2) is 10.0. The zero-order valence-corrected chi connectivity index (χ0v) is 20.9. The number of halogens is 1. The molecule has 3 N–H and O–H groups in total. The van der Waals surface area contributed by atoms with Crippen molar-refractivity contribution in [3.63, 3.8) is 0 Å². The molecule has 10 nitrogen and oxygen atoms in total. The fourth-order valence-electron chi connectivity index (χ4n) is 4.87. The van der Waals surface area contributed by atoms with Crippen LogP contribution in [-0.4, -0.2) is 60.4 Å². The lowest BCUT2D eigenvalue weighted by atomic mass is 10.0. The molecule has 0 spiro atoms. The van der Waals surface area contributed by atoms with Crippen LogP contribution in [0.25, 0.3) is 27.8 Å². The van der Waals surface area contributed by atoms with E-state index in [2.05, 4.69) is 37.4 Å². The van der Waals surface area contributed by atoms with E-state index in [1.165, 1.54) is 12.1 Å². The van der Waals surface area contributed by atoms with E-state index in [0.717, 1.165) is 17.4 Å². The van der Waals surface area contributed by atoms with Crippen molar-refractivity contribution < 1.29 is 14.0 Å². The first-order valence-electron chi connectivity index (χ1n) is 12.5. The Hall–Kier alpha value is -5.06. The van der Waals surface area contributed by atoms with Crippen LogP contribution in [0.4, 0.5) is 10.2 Å². The van der Waals surface area contributed by atoms with Crippen LogP contribution in [0, 0.1) is 5.82 Å². The fourth-order valence-corrected chi connectivity index (χ4v) is 4.87. The van der Waals surface area contributed by atoms with Crippen LogP contribution in [0.2, 0.25) is 0 Å². The Morgan fingerprint density at radius 3 is 2.95 bits per heavy atom. The van der Waals surface area contributed by atoms with Crippen LogP contribution in [0.3, 0.4) is 0 Å². The summed E-state index contributed by atoms with van der Waals surface area (Å²) in [6.45, 7) is 4.75. The molecule has 5 aromatic rings. The molecule has 5 heterocycles. The number of imidazole rings is 1. The van der Waals surface area contributed by atoms with Gasteiger partial charge >= 0.3 is 0 Å². The number of hydrogen-bond donors (Lipinski definition) is 3. The van der Waals surface area contributed by atoms with Gasteiger partial charge in [-0.2, -0.15) is 5.10 Å². The van der Waals surface area contributed by atoms with Crippen molar-refractivity contribution in [3.05, 3.63) is 90.8 Å². The maximum atomic E-state index is 15.2. The Bertz CT molecular complexity index is 1690.